The molecule has 0 fully saturated rings. The van der Waals surface area contributed by atoms with Crippen molar-refractivity contribution >= 4 is 37.9 Å². The van der Waals surface area contributed by atoms with Gasteiger partial charge in [-0.25, -0.2) is 0 Å². The largest absolute Gasteiger partial charge is 1.00 e. The van der Waals surface area contributed by atoms with Gasteiger partial charge in [0.15, 0.2) is 0 Å². The van der Waals surface area contributed by atoms with Gasteiger partial charge in [0.1, 0.15) is 0 Å². The molecule has 5 rings (SSSR count). The Morgan fingerprint density at radius 2 is 0.523 bits per heavy atom. The van der Waals surface area contributed by atoms with E-state index in [9.17, 15) is 0 Å². The first-order valence-corrected chi connectivity index (χ1v) is 15.4. The Morgan fingerprint density at radius 3 is 0.591 bits per heavy atom. The van der Waals surface area contributed by atoms with Gasteiger partial charge < -0.3 is 50.3 Å². The van der Waals surface area contributed by atoms with Crippen LogP contribution < -0.4 is 12.4 Å². The van der Waals surface area contributed by atoms with Crippen LogP contribution in [-0.2, 0) is 76.8 Å². The molecule has 2 aliphatic rings. The molecule has 0 atom stereocenters. The molecule has 0 aliphatic heterocycles. The first kappa shape index (κ1) is 47.2. The van der Waals surface area contributed by atoms with E-state index in [1.165, 1.54) is 22.3 Å². The van der Waals surface area contributed by atoms with E-state index in [1.54, 1.807) is 22.3 Å². The Morgan fingerprint density at radius 1 is 0.364 bits per heavy atom. The van der Waals surface area contributed by atoms with E-state index < -0.39 is 0 Å². The average molecular weight is 838 g/mol. The number of allylic oxidation sites excluding steroid dienone is 8. The second-order valence-electron chi connectivity index (χ2n) is 10.6. The van der Waals surface area contributed by atoms with E-state index in [4.69, 9.17) is 37.9 Å². The van der Waals surface area contributed by atoms with Gasteiger partial charge in [0.05, 0.1) is 0 Å². The second kappa shape index (κ2) is 25.0. The maximum absolute atomic E-state index is 4.81. The van der Waals surface area contributed by atoms with Crippen LogP contribution in [0.3, 0.4) is 0 Å². The first-order valence-electron chi connectivity index (χ1n) is 14.2. The number of hydrogen-bond acceptors (Lipinski definition) is 3. The Balaban J connectivity index is -0.000000474. The van der Waals surface area contributed by atoms with Crippen molar-refractivity contribution in [2.45, 2.75) is 83.9 Å². The first-order chi connectivity index (χ1) is 19.3. The zero-order valence-corrected chi connectivity index (χ0v) is 34.3. The maximum atomic E-state index is 4.81. The molecule has 0 bridgehead atoms. The van der Waals surface area contributed by atoms with Crippen molar-refractivity contribution in [2.75, 3.05) is 0 Å². The Hall–Kier alpha value is -1.18. The summed E-state index contributed by atoms with van der Waals surface area (Å²) < 4.78 is 0. The molecule has 3 aromatic rings. The third-order valence-corrected chi connectivity index (χ3v) is 9.14. The predicted octanol–water partition coefficient (Wildman–Crippen LogP) is 8.39. The molecule has 0 spiro atoms. The van der Waals surface area contributed by atoms with Crippen LogP contribution in [0, 0.1) is 11.8 Å². The van der Waals surface area contributed by atoms with Gasteiger partial charge in [-0.05, 0) is 89.5 Å². The van der Waals surface area contributed by atoms with Crippen LogP contribution in [0.1, 0.15) is 69.2 Å². The molecule has 44 heavy (non-hydrogen) atoms. The summed E-state index contributed by atoms with van der Waals surface area (Å²) in [4.78, 5) is 2.72. The predicted molar refractivity (Wildman–Crippen MR) is 188 cm³/mol. The number of halogens is 1. The van der Waals surface area contributed by atoms with Crippen LogP contribution in [0.2, 0.25) is 0 Å². The SMILES string of the molecule is CC1=C(C)C(C)C(C)=C1C.CC1=C(C)C(C)C(C)=C1C.[Cl-].[Ru].[Ru].[S-]c1ccccc1.[S-]c1ccccc1.[S-]c1ccccc1. The van der Waals surface area contributed by atoms with E-state index in [2.05, 4.69) is 69.2 Å². The van der Waals surface area contributed by atoms with Gasteiger partial charge in [-0.2, -0.15) is 14.7 Å². The van der Waals surface area contributed by atoms with Crippen molar-refractivity contribution in [1.82, 2.24) is 0 Å². The monoisotopic (exact) mass is 838 g/mol. The normalized spacial score (nSPS) is 13.8. The van der Waals surface area contributed by atoms with Gasteiger partial charge >= 0.3 is 0 Å². The Labute approximate surface area is 317 Å². The molecular formula is C38H47ClRu2S3-4. The molecule has 0 amide bonds. The smallest absolute Gasteiger partial charge is 0 e. The number of benzene rings is 3. The minimum atomic E-state index is 0. The Bertz CT molecular complexity index is 1160. The Kier molecular flexibility index (Phi) is 26.8. The summed E-state index contributed by atoms with van der Waals surface area (Å²) in [5.74, 6) is 1.39. The summed E-state index contributed by atoms with van der Waals surface area (Å²) in [5.41, 5.74) is 12.2. The third kappa shape index (κ3) is 16.4. The van der Waals surface area contributed by atoms with E-state index in [1.807, 2.05) is 91.0 Å². The van der Waals surface area contributed by atoms with Crippen LogP contribution in [0.25, 0.3) is 0 Å². The fraction of sp³-hybridized carbons (Fsp3) is 0.316. The summed E-state index contributed by atoms with van der Waals surface area (Å²) in [6.07, 6.45) is 0. The quantitative estimate of drug-likeness (QED) is 0.165. The van der Waals surface area contributed by atoms with Gasteiger partial charge in [-0.3, -0.25) is 0 Å². The molecule has 0 nitrogen and oxygen atoms in total. The minimum absolute atomic E-state index is 0. The van der Waals surface area contributed by atoms with Crippen molar-refractivity contribution in [3.05, 3.63) is 136 Å². The van der Waals surface area contributed by atoms with E-state index in [0.717, 1.165) is 14.7 Å². The fourth-order valence-electron chi connectivity index (χ4n) is 4.39. The van der Waals surface area contributed by atoms with Crippen molar-refractivity contribution < 1.29 is 51.4 Å². The van der Waals surface area contributed by atoms with Gasteiger partial charge in [0.25, 0.3) is 0 Å². The summed E-state index contributed by atoms with van der Waals surface area (Å²) in [6, 6.07) is 28.8. The van der Waals surface area contributed by atoms with Crippen LogP contribution in [0.5, 0.6) is 0 Å². The van der Waals surface area contributed by atoms with E-state index in [-0.39, 0.29) is 51.4 Å². The topological polar surface area (TPSA) is 0 Å². The van der Waals surface area contributed by atoms with Crippen molar-refractivity contribution in [2.24, 2.45) is 11.8 Å². The average Bonchev–Trinajstić information content (AvgIpc) is 3.25. The van der Waals surface area contributed by atoms with Crippen molar-refractivity contribution in [1.29, 1.82) is 0 Å². The zero-order valence-electron chi connectivity index (χ0n) is 27.6. The van der Waals surface area contributed by atoms with Gasteiger partial charge in [-0.15, -0.1) is 0 Å². The summed E-state index contributed by atoms with van der Waals surface area (Å²) in [6.45, 7) is 22.4. The molecule has 0 aromatic heterocycles. The zero-order chi connectivity index (χ0) is 31.1. The molecule has 0 saturated carbocycles. The molecule has 2 aliphatic carbocycles. The van der Waals surface area contributed by atoms with Gasteiger partial charge in [-0.1, -0.05) is 127 Å². The summed E-state index contributed by atoms with van der Waals surface area (Å²) >= 11 is 14.4. The molecule has 0 unspecified atom stereocenters. The van der Waals surface area contributed by atoms with Crippen molar-refractivity contribution in [3.63, 3.8) is 0 Å². The van der Waals surface area contributed by atoms with E-state index in [0.29, 0.717) is 11.8 Å². The maximum Gasteiger partial charge on any atom is 0 e. The molecule has 3 aromatic carbocycles. The van der Waals surface area contributed by atoms with Crippen LogP contribution in [-0.4, -0.2) is 0 Å². The molecule has 244 valence electrons. The summed E-state index contributed by atoms with van der Waals surface area (Å²) in [5, 5.41) is 0. The van der Waals surface area contributed by atoms with E-state index >= 15 is 0 Å². The third-order valence-electron chi connectivity index (χ3n) is 8.32. The second-order valence-corrected chi connectivity index (χ2v) is 12.0. The van der Waals surface area contributed by atoms with Gasteiger partial charge in [0.2, 0.25) is 0 Å². The van der Waals surface area contributed by atoms with Crippen LogP contribution in [0.15, 0.2) is 150 Å². The van der Waals surface area contributed by atoms with Crippen LogP contribution >= 0.6 is 0 Å². The molecule has 0 radical (unpaired) electrons. The molecule has 0 N–H and O–H groups in total. The van der Waals surface area contributed by atoms with Crippen molar-refractivity contribution in [3.8, 4) is 0 Å². The summed E-state index contributed by atoms with van der Waals surface area (Å²) in [7, 11) is 0. The molecule has 0 saturated heterocycles. The number of rotatable bonds is 0. The minimum Gasteiger partial charge on any atom is -1.00 e. The number of hydrogen-bond donors (Lipinski definition) is 0. The fourth-order valence-corrected chi connectivity index (χ4v) is 4.86. The van der Waals surface area contributed by atoms with Gasteiger partial charge in [0, 0.05) is 39.0 Å². The standard InChI is InChI=1S/2C10H16.3C6H6S.ClH.2Ru/c2*1-6-7(2)9(4)10(5)8(6)3;3*7-6-4-2-1-3-5-6;;;/h2*6H,1-5H3;3*1-5,7H;1H;;/p-4. The van der Waals surface area contributed by atoms with Crippen LogP contribution in [0.4, 0.5) is 0 Å². The molecule has 0 heterocycles. The molecule has 6 heteroatoms. The molecular weight excluding hydrogens is 790 g/mol.